The van der Waals surface area contributed by atoms with Crippen LogP contribution in [0.3, 0.4) is 0 Å². The summed E-state index contributed by atoms with van der Waals surface area (Å²) in [6, 6.07) is 5.53. The van der Waals surface area contributed by atoms with E-state index in [-0.39, 0.29) is 17.9 Å². The molecular weight excluding hydrogens is 412 g/mol. The molecule has 1 rings (SSSR count). The minimum Gasteiger partial charge on any atom is -0.423 e. The van der Waals surface area contributed by atoms with Crippen LogP contribution < -0.4 is 9.47 Å². The third-order valence-corrected chi connectivity index (χ3v) is 6.04. The van der Waals surface area contributed by atoms with E-state index in [9.17, 15) is 9.59 Å². The molecule has 0 N–H and O–H groups in total. The number of para-hydroxylation sites is 1. The van der Waals surface area contributed by atoms with Gasteiger partial charge in [0.2, 0.25) is 0 Å². The second kappa shape index (κ2) is 18.6. The number of hydrogen-bond acceptors (Lipinski definition) is 4. The second-order valence-corrected chi connectivity index (χ2v) is 9.52. The van der Waals surface area contributed by atoms with E-state index in [0.717, 1.165) is 44.1 Å². The molecule has 4 heteroatoms. The SMILES string of the molecule is CCCCCCCCCC(=O)Oc1cccc(C(C)C)c1OC(=O)CCCCCCCCC. The van der Waals surface area contributed by atoms with Crippen LogP contribution in [0, 0.1) is 0 Å². The first-order valence-corrected chi connectivity index (χ1v) is 13.5. The Balaban J connectivity index is 2.54. The van der Waals surface area contributed by atoms with Gasteiger partial charge in [-0.15, -0.1) is 0 Å². The molecule has 0 spiro atoms. The van der Waals surface area contributed by atoms with Gasteiger partial charge in [-0.25, -0.2) is 0 Å². The molecule has 0 aromatic heterocycles. The largest absolute Gasteiger partial charge is 0.423 e. The Kier molecular flexibility index (Phi) is 16.4. The average Bonchev–Trinajstić information content (AvgIpc) is 2.78. The zero-order chi connectivity index (χ0) is 24.3. The average molecular weight is 461 g/mol. The van der Waals surface area contributed by atoms with Gasteiger partial charge in [0.15, 0.2) is 11.5 Å². The Labute approximate surface area is 202 Å². The standard InChI is InChI=1S/C29H48O4/c1-5-7-9-11-13-15-17-22-27(30)32-26-21-19-20-25(24(3)4)29(26)33-28(31)23-18-16-14-12-10-8-6-2/h19-21,24H,5-18,22-23H2,1-4H3. The first-order chi connectivity index (χ1) is 16.0. The number of hydrogen-bond donors (Lipinski definition) is 0. The highest BCUT2D eigenvalue weighted by Crippen LogP contribution is 2.36. The smallest absolute Gasteiger partial charge is 0.311 e. The molecule has 188 valence electrons. The van der Waals surface area contributed by atoms with Crippen LogP contribution in [-0.2, 0) is 9.59 Å². The zero-order valence-electron chi connectivity index (χ0n) is 21.8. The predicted molar refractivity (Wildman–Crippen MR) is 137 cm³/mol. The fourth-order valence-electron chi connectivity index (χ4n) is 3.97. The molecule has 33 heavy (non-hydrogen) atoms. The second-order valence-electron chi connectivity index (χ2n) is 9.52. The Hall–Kier alpha value is -1.84. The highest BCUT2D eigenvalue weighted by atomic mass is 16.6. The van der Waals surface area contributed by atoms with Crippen LogP contribution in [0.5, 0.6) is 11.5 Å². The fraction of sp³-hybridized carbons (Fsp3) is 0.724. The van der Waals surface area contributed by atoms with E-state index in [4.69, 9.17) is 9.47 Å². The summed E-state index contributed by atoms with van der Waals surface area (Å²) in [5.41, 5.74) is 0.893. The van der Waals surface area contributed by atoms with E-state index < -0.39 is 0 Å². The van der Waals surface area contributed by atoms with Gasteiger partial charge in [0.25, 0.3) is 0 Å². The lowest BCUT2D eigenvalue weighted by molar-refractivity contribution is -0.137. The van der Waals surface area contributed by atoms with Gasteiger partial charge in [-0.05, 0) is 24.8 Å². The number of unbranched alkanes of at least 4 members (excludes halogenated alkanes) is 12. The molecule has 0 unspecified atom stereocenters. The van der Waals surface area contributed by atoms with Crippen molar-refractivity contribution < 1.29 is 19.1 Å². The summed E-state index contributed by atoms with van der Waals surface area (Å²) < 4.78 is 11.4. The van der Waals surface area contributed by atoms with Crippen molar-refractivity contribution >= 4 is 11.9 Å². The molecule has 0 radical (unpaired) electrons. The van der Waals surface area contributed by atoms with Crippen molar-refractivity contribution in [2.24, 2.45) is 0 Å². The van der Waals surface area contributed by atoms with Crippen LogP contribution in [0.15, 0.2) is 18.2 Å². The van der Waals surface area contributed by atoms with E-state index in [1.807, 2.05) is 26.0 Å². The first-order valence-electron chi connectivity index (χ1n) is 13.5. The van der Waals surface area contributed by atoms with Crippen molar-refractivity contribution in [2.45, 2.75) is 136 Å². The van der Waals surface area contributed by atoms with Crippen LogP contribution in [0.1, 0.15) is 142 Å². The fourth-order valence-corrected chi connectivity index (χ4v) is 3.97. The van der Waals surface area contributed by atoms with Gasteiger partial charge in [-0.1, -0.05) is 117 Å². The minimum atomic E-state index is -0.256. The van der Waals surface area contributed by atoms with Gasteiger partial charge >= 0.3 is 11.9 Å². The van der Waals surface area contributed by atoms with Crippen LogP contribution in [0.25, 0.3) is 0 Å². The summed E-state index contributed by atoms with van der Waals surface area (Å²) in [5.74, 6) is 0.429. The maximum Gasteiger partial charge on any atom is 0.311 e. The lowest BCUT2D eigenvalue weighted by atomic mass is 10.0. The molecule has 1 aromatic carbocycles. The normalized spacial score (nSPS) is 11.1. The van der Waals surface area contributed by atoms with Gasteiger partial charge in [0.05, 0.1) is 0 Å². The van der Waals surface area contributed by atoms with Crippen LogP contribution >= 0.6 is 0 Å². The Morgan fingerprint density at radius 3 is 1.61 bits per heavy atom. The van der Waals surface area contributed by atoms with Crippen molar-refractivity contribution in [2.75, 3.05) is 0 Å². The number of carbonyl (C=O) groups is 2. The van der Waals surface area contributed by atoms with Crippen LogP contribution in [0.4, 0.5) is 0 Å². The van der Waals surface area contributed by atoms with E-state index in [1.54, 1.807) is 6.07 Å². The van der Waals surface area contributed by atoms with Crippen LogP contribution in [-0.4, -0.2) is 11.9 Å². The molecular formula is C29H48O4. The van der Waals surface area contributed by atoms with Crippen LogP contribution in [0.2, 0.25) is 0 Å². The summed E-state index contributed by atoms with van der Waals surface area (Å²) in [6.45, 7) is 8.53. The summed E-state index contributed by atoms with van der Waals surface area (Å²) in [4.78, 5) is 24.9. The molecule has 0 aliphatic carbocycles. The maximum absolute atomic E-state index is 12.5. The molecule has 0 fully saturated rings. The number of carbonyl (C=O) groups excluding carboxylic acids is 2. The molecule has 0 amide bonds. The van der Waals surface area contributed by atoms with E-state index in [1.165, 1.54) is 51.4 Å². The summed E-state index contributed by atoms with van der Waals surface area (Å²) in [7, 11) is 0. The topological polar surface area (TPSA) is 52.6 Å². The third-order valence-electron chi connectivity index (χ3n) is 6.04. The molecule has 0 bridgehead atoms. The summed E-state index contributed by atoms with van der Waals surface area (Å²) in [6.07, 6.45) is 17.0. The molecule has 0 heterocycles. The summed E-state index contributed by atoms with van der Waals surface area (Å²) in [5, 5.41) is 0. The molecule has 4 nitrogen and oxygen atoms in total. The molecule has 0 aliphatic heterocycles. The van der Waals surface area contributed by atoms with Crippen molar-refractivity contribution in [3.8, 4) is 11.5 Å². The molecule has 0 saturated carbocycles. The lowest BCUT2D eigenvalue weighted by Crippen LogP contribution is -2.13. The van der Waals surface area contributed by atoms with Gasteiger partial charge in [-0.3, -0.25) is 9.59 Å². The Bertz CT molecular complexity index is 666. The highest BCUT2D eigenvalue weighted by molar-refractivity contribution is 5.77. The van der Waals surface area contributed by atoms with E-state index >= 15 is 0 Å². The van der Waals surface area contributed by atoms with Crippen molar-refractivity contribution in [1.29, 1.82) is 0 Å². The van der Waals surface area contributed by atoms with Crippen molar-refractivity contribution in [3.05, 3.63) is 23.8 Å². The van der Waals surface area contributed by atoms with Crippen molar-refractivity contribution in [3.63, 3.8) is 0 Å². The quantitative estimate of drug-likeness (QED) is 0.117. The Morgan fingerprint density at radius 2 is 1.12 bits per heavy atom. The van der Waals surface area contributed by atoms with E-state index in [2.05, 4.69) is 13.8 Å². The minimum absolute atomic E-state index is 0.160. The number of ether oxygens (including phenoxy) is 2. The lowest BCUT2D eigenvalue weighted by Gasteiger charge is -2.16. The third kappa shape index (κ3) is 13.5. The van der Waals surface area contributed by atoms with E-state index in [0.29, 0.717) is 24.3 Å². The van der Waals surface area contributed by atoms with Crippen molar-refractivity contribution in [1.82, 2.24) is 0 Å². The Morgan fingerprint density at radius 1 is 0.667 bits per heavy atom. The number of esters is 2. The number of rotatable bonds is 19. The monoisotopic (exact) mass is 460 g/mol. The zero-order valence-corrected chi connectivity index (χ0v) is 21.8. The molecule has 0 saturated heterocycles. The maximum atomic E-state index is 12.5. The van der Waals surface area contributed by atoms with Gasteiger partial charge in [0, 0.05) is 18.4 Å². The van der Waals surface area contributed by atoms with Gasteiger partial charge in [-0.2, -0.15) is 0 Å². The van der Waals surface area contributed by atoms with Gasteiger partial charge in [0.1, 0.15) is 0 Å². The highest BCUT2D eigenvalue weighted by Gasteiger charge is 2.19. The van der Waals surface area contributed by atoms with Gasteiger partial charge < -0.3 is 9.47 Å². The molecule has 0 aliphatic rings. The molecule has 1 aromatic rings. The summed E-state index contributed by atoms with van der Waals surface area (Å²) >= 11 is 0. The predicted octanol–water partition coefficient (Wildman–Crippen LogP) is 8.90. The number of benzene rings is 1. The molecule has 0 atom stereocenters. The first kappa shape index (κ1) is 29.2.